The van der Waals surface area contributed by atoms with Crippen LogP contribution in [0.15, 0.2) is 60.1 Å². The van der Waals surface area contributed by atoms with Crippen LogP contribution in [0.2, 0.25) is 5.02 Å². The van der Waals surface area contributed by atoms with Crippen LogP contribution in [0.1, 0.15) is 34.5 Å². The normalized spacial score (nSPS) is 13.7. The number of benzene rings is 2. The molecule has 1 atom stereocenters. The number of anilines is 1. The summed E-state index contributed by atoms with van der Waals surface area (Å²) in [5.74, 6) is 0.158. The van der Waals surface area contributed by atoms with Gasteiger partial charge in [-0.1, -0.05) is 35.9 Å². The third-order valence-electron chi connectivity index (χ3n) is 6.52. The Morgan fingerprint density at radius 3 is 2.80 bits per heavy atom. The van der Waals surface area contributed by atoms with Crippen LogP contribution in [0, 0.1) is 5.41 Å². The van der Waals surface area contributed by atoms with Gasteiger partial charge in [0.05, 0.1) is 42.4 Å². The van der Waals surface area contributed by atoms with Crippen molar-refractivity contribution in [3.63, 3.8) is 0 Å². The van der Waals surface area contributed by atoms with Crippen molar-refractivity contribution in [2.75, 3.05) is 32.6 Å². The maximum Gasteiger partial charge on any atom is 0.254 e. The SMILES string of the molecule is CN/C(C)=C(\C=N)Nc1ncc(Cl)c(-c2ccc3c(c2)C(=O)N(CC(=O)NC(CO)c2cccc(OC)c2)C3)n1. The van der Waals surface area contributed by atoms with Crippen LogP contribution >= 0.6 is 11.6 Å². The summed E-state index contributed by atoms with van der Waals surface area (Å²) in [6, 6.07) is 11.8. The number of allylic oxidation sites excluding steroid dienone is 2. The molecule has 1 aliphatic rings. The Labute approximate surface area is 236 Å². The van der Waals surface area contributed by atoms with Crippen molar-refractivity contribution < 1.29 is 19.4 Å². The molecule has 4 rings (SSSR count). The van der Waals surface area contributed by atoms with E-state index in [9.17, 15) is 14.7 Å². The predicted octanol–water partition coefficient (Wildman–Crippen LogP) is 3.12. The zero-order valence-electron chi connectivity index (χ0n) is 22.3. The van der Waals surface area contributed by atoms with E-state index in [-0.39, 0.29) is 31.6 Å². The Bertz CT molecular complexity index is 1480. The van der Waals surface area contributed by atoms with Gasteiger partial charge in [-0.15, -0.1) is 0 Å². The highest BCUT2D eigenvalue weighted by Crippen LogP contribution is 2.31. The minimum absolute atomic E-state index is 0.171. The van der Waals surface area contributed by atoms with Gasteiger partial charge in [-0.05, 0) is 36.2 Å². The first-order valence-corrected chi connectivity index (χ1v) is 12.8. The van der Waals surface area contributed by atoms with E-state index in [0.717, 1.165) is 17.5 Å². The van der Waals surface area contributed by atoms with E-state index < -0.39 is 11.9 Å². The number of aliphatic hydroxyl groups is 1. The molecular formula is C28H30ClN7O4. The fourth-order valence-corrected chi connectivity index (χ4v) is 4.47. The van der Waals surface area contributed by atoms with Crippen molar-refractivity contribution in [2.24, 2.45) is 0 Å². The smallest absolute Gasteiger partial charge is 0.254 e. The molecule has 0 radical (unpaired) electrons. The average Bonchev–Trinajstić information content (AvgIpc) is 3.28. The molecule has 11 nitrogen and oxygen atoms in total. The topological polar surface area (TPSA) is 153 Å². The van der Waals surface area contributed by atoms with Crippen LogP contribution in [0.5, 0.6) is 5.75 Å². The molecule has 2 heterocycles. The fraction of sp³-hybridized carbons (Fsp3) is 0.250. The summed E-state index contributed by atoms with van der Waals surface area (Å²) in [4.78, 5) is 36.2. The second-order valence-corrected chi connectivity index (χ2v) is 9.47. The summed E-state index contributed by atoms with van der Waals surface area (Å²) in [5.41, 5.74) is 4.16. The molecule has 0 spiro atoms. The van der Waals surface area contributed by atoms with Gasteiger partial charge in [0.25, 0.3) is 5.91 Å². The number of methoxy groups -OCH3 is 1. The lowest BCUT2D eigenvalue weighted by atomic mass is 10.0. The molecule has 3 aromatic rings. The number of rotatable bonds is 11. The number of ether oxygens (including phenoxy) is 1. The quantitative estimate of drug-likeness (QED) is 0.223. The van der Waals surface area contributed by atoms with Crippen molar-refractivity contribution >= 4 is 35.6 Å². The minimum atomic E-state index is -0.642. The number of hydrogen-bond acceptors (Lipinski definition) is 9. The zero-order chi connectivity index (χ0) is 28.8. The number of carbonyl (C=O) groups excluding carboxylic acids is 2. The van der Waals surface area contributed by atoms with Crippen LogP contribution in [-0.4, -0.2) is 65.3 Å². The number of carbonyl (C=O) groups is 2. The highest BCUT2D eigenvalue weighted by molar-refractivity contribution is 6.33. The lowest BCUT2D eigenvalue weighted by Crippen LogP contribution is -2.40. The van der Waals surface area contributed by atoms with Gasteiger partial charge >= 0.3 is 0 Å². The maximum absolute atomic E-state index is 13.2. The minimum Gasteiger partial charge on any atom is -0.497 e. The number of fused-ring (bicyclic) bond motifs is 1. The summed E-state index contributed by atoms with van der Waals surface area (Å²) in [6.07, 6.45) is 2.61. The molecule has 0 saturated carbocycles. The van der Waals surface area contributed by atoms with Crippen molar-refractivity contribution in [2.45, 2.75) is 19.5 Å². The molecule has 208 valence electrons. The molecule has 0 bridgehead atoms. The maximum atomic E-state index is 13.2. The van der Waals surface area contributed by atoms with Crippen LogP contribution in [-0.2, 0) is 11.3 Å². The molecule has 1 unspecified atom stereocenters. The number of hydrogen-bond donors (Lipinski definition) is 5. The summed E-state index contributed by atoms with van der Waals surface area (Å²) in [5, 5.41) is 26.5. The van der Waals surface area contributed by atoms with E-state index in [1.165, 1.54) is 11.1 Å². The number of nitrogens with one attached hydrogen (secondary N) is 4. The van der Waals surface area contributed by atoms with E-state index in [0.29, 0.717) is 38.9 Å². The van der Waals surface area contributed by atoms with Crippen LogP contribution in [0.3, 0.4) is 0 Å². The van der Waals surface area contributed by atoms with Crippen molar-refractivity contribution in [1.29, 1.82) is 5.41 Å². The number of nitrogens with zero attached hydrogens (tertiary/aromatic N) is 3. The Morgan fingerprint density at radius 2 is 2.10 bits per heavy atom. The molecule has 1 aliphatic heterocycles. The molecule has 0 fully saturated rings. The Kier molecular flexibility index (Phi) is 8.97. The van der Waals surface area contributed by atoms with Crippen molar-refractivity contribution in [1.82, 2.24) is 25.5 Å². The van der Waals surface area contributed by atoms with Crippen LogP contribution < -0.4 is 20.7 Å². The van der Waals surface area contributed by atoms with Gasteiger partial charge in [0.1, 0.15) is 12.3 Å². The molecule has 2 amide bonds. The Balaban J connectivity index is 1.49. The molecule has 5 N–H and O–H groups in total. The number of amides is 2. The van der Waals surface area contributed by atoms with Gasteiger partial charge in [0.2, 0.25) is 11.9 Å². The second-order valence-electron chi connectivity index (χ2n) is 9.06. The number of aliphatic hydroxyl groups excluding tert-OH is 1. The van der Waals surface area contributed by atoms with Crippen molar-refractivity contribution in [3.05, 3.63) is 81.8 Å². The Hall–Kier alpha value is -4.48. The van der Waals surface area contributed by atoms with Gasteiger partial charge in [-0.2, -0.15) is 0 Å². The molecule has 12 heteroatoms. The largest absolute Gasteiger partial charge is 0.497 e. The van der Waals surface area contributed by atoms with Gasteiger partial charge in [-0.25, -0.2) is 9.97 Å². The van der Waals surface area contributed by atoms with E-state index in [1.807, 2.05) is 19.1 Å². The first kappa shape index (κ1) is 28.5. The van der Waals surface area contributed by atoms with Gasteiger partial charge in [-0.3, -0.25) is 9.59 Å². The molecule has 2 aromatic carbocycles. The van der Waals surface area contributed by atoms with Crippen LogP contribution in [0.4, 0.5) is 5.95 Å². The molecular weight excluding hydrogens is 534 g/mol. The Morgan fingerprint density at radius 1 is 1.30 bits per heavy atom. The number of halogens is 1. The van der Waals surface area contributed by atoms with Gasteiger partial charge < -0.3 is 36.1 Å². The summed E-state index contributed by atoms with van der Waals surface area (Å²) in [7, 11) is 3.29. The summed E-state index contributed by atoms with van der Waals surface area (Å²) in [6.45, 7) is 1.60. The standard InChI is InChI=1S/C28H30ClN7O4/c1-16(31-2)23(11-30)34-28-32-12-22(29)26(35-28)18-7-8-19-13-36(27(39)21(19)10-18)14-25(38)33-24(15-37)17-5-4-6-20(9-17)40-3/h4-12,24,30-31,37H,13-15H2,1-3H3,(H,33,38)(H,32,34,35)/b23-16+,30-11?. The lowest BCUT2D eigenvalue weighted by molar-refractivity contribution is -0.122. The third-order valence-corrected chi connectivity index (χ3v) is 6.80. The molecule has 1 aromatic heterocycles. The van der Waals surface area contributed by atoms with Crippen LogP contribution in [0.25, 0.3) is 11.3 Å². The van der Waals surface area contributed by atoms with Gasteiger partial charge in [0.15, 0.2) is 0 Å². The molecule has 0 saturated heterocycles. The summed E-state index contributed by atoms with van der Waals surface area (Å²) >= 11 is 6.41. The van der Waals surface area contributed by atoms with Crippen molar-refractivity contribution in [3.8, 4) is 17.0 Å². The monoisotopic (exact) mass is 563 g/mol. The predicted molar refractivity (Wildman–Crippen MR) is 152 cm³/mol. The van der Waals surface area contributed by atoms with E-state index in [1.54, 1.807) is 44.5 Å². The zero-order valence-corrected chi connectivity index (χ0v) is 23.0. The van der Waals surface area contributed by atoms with E-state index >= 15 is 0 Å². The van der Waals surface area contributed by atoms with Gasteiger partial charge in [0, 0.05) is 36.6 Å². The molecule has 0 aliphatic carbocycles. The number of aromatic nitrogens is 2. The fourth-order valence-electron chi connectivity index (χ4n) is 4.27. The highest BCUT2D eigenvalue weighted by Gasteiger charge is 2.30. The third kappa shape index (κ3) is 6.22. The van der Waals surface area contributed by atoms with E-state index in [4.69, 9.17) is 21.7 Å². The first-order valence-electron chi connectivity index (χ1n) is 12.4. The highest BCUT2D eigenvalue weighted by atomic mass is 35.5. The first-order chi connectivity index (χ1) is 19.3. The average molecular weight is 564 g/mol. The second kappa shape index (κ2) is 12.6. The summed E-state index contributed by atoms with van der Waals surface area (Å²) < 4.78 is 5.22. The van der Waals surface area contributed by atoms with E-state index in [2.05, 4.69) is 25.9 Å². The molecule has 40 heavy (non-hydrogen) atoms. The lowest BCUT2D eigenvalue weighted by Gasteiger charge is -2.20.